The Bertz CT molecular complexity index is 1140. The first-order chi connectivity index (χ1) is 13.6. The number of carbonyl (C=O) groups excluding carboxylic acids is 2. The number of rotatable bonds is 4. The Morgan fingerprint density at radius 2 is 1.76 bits per heavy atom. The molecule has 0 unspecified atom stereocenters. The Morgan fingerprint density at radius 1 is 1.03 bits per heavy atom. The molecule has 1 aliphatic rings. The maximum atomic E-state index is 12.3. The van der Waals surface area contributed by atoms with Crippen molar-refractivity contribution in [3.8, 4) is 0 Å². The maximum absolute atomic E-state index is 12.3. The van der Waals surface area contributed by atoms with E-state index in [0.717, 1.165) is 16.3 Å². The van der Waals surface area contributed by atoms with Gasteiger partial charge in [0, 0.05) is 12.4 Å². The zero-order valence-electron chi connectivity index (χ0n) is 15.7. The summed E-state index contributed by atoms with van der Waals surface area (Å²) in [7, 11) is 0. The molecule has 1 fully saturated rings. The normalized spacial score (nSPS) is 16.1. The summed E-state index contributed by atoms with van der Waals surface area (Å²) in [6.45, 7) is 0. The van der Waals surface area contributed by atoms with E-state index in [-0.39, 0.29) is 41.9 Å². The van der Waals surface area contributed by atoms with Gasteiger partial charge in [0.25, 0.3) is 5.91 Å². The van der Waals surface area contributed by atoms with Gasteiger partial charge in [0.2, 0.25) is 0 Å². The average Bonchev–Trinajstić information content (AvgIpc) is 3.02. The minimum atomic E-state index is -1.12. The molecule has 3 aromatic rings. The van der Waals surface area contributed by atoms with Crippen LogP contribution in [0.1, 0.15) is 11.1 Å². The Morgan fingerprint density at radius 3 is 2.48 bits per heavy atom. The second kappa shape index (κ2) is 9.41. The van der Waals surface area contributed by atoms with Gasteiger partial charge in [0.15, 0.2) is 5.17 Å². The summed E-state index contributed by atoms with van der Waals surface area (Å²) in [6, 6.07) is 20.9. The molecular weight excluding hydrogens is 395 g/mol. The second-order valence-corrected chi connectivity index (χ2v) is 7.33. The van der Waals surface area contributed by atoms with Crippen molar-refractivity contribution in [1.82, 2.24) is 5.32 Å². The molecule has 1 N–H and O–H groups in total. The van der Waals surface area contributed by atoms with E-state index in [1.54, 1.807) is 24.3 Å². The summed E-state index contributed by atoms with van der Waals surface area (Å²) in [5.74, 6) is -1.31. The van der Waals surface area contributed by atoms with Gasteiger partial charge in [-0.3, -0.25) is 4.79 Å². The van der Waals surface area contributed by atoms with Gasteiger partial charge in [0.1, 0.15) is 0 Å². The van der Waals surface area contributed by atoms with Gasteiger partial charge < -0.3 is 15.2 Å². The molecule has 138 valence electrons. The number of carboxylic acid groups (broad SMARTS) is 1. The van der Waals surface area contributed by atoms with Gasteiger partial charge in [-0.1, -0.05) is 48.5 Å². The predicted octanol–water partition coefficient (Wildman–Crippen LogP) is 0.0278. The van der Waals surface area contributed by atoms with Crippen LogP contribution in [0.25, 0.3) is 16.8 Å². The van der Waals surface area contributed by atoms with E-state index >= 15 is 0 Å². The Hall–Kier alpha value is -2.38. The largest absolute Gasteiger partial charge is 1.00 e. The number of nitrogens with one attached hydrogen (secondary N) is 1. The van der Waals surface area contributed by atoms with Gasteiger partial charge >= 0.3 is 29.6 Å². The molecule has 0 radical (unpaired) electrons. The van der Waals surface area contributed by atoms with Gasteiger partial charge in [-0.2, -0.15) is 0 Å². The predicted molar refractivity (Wildman–Crippen MR) is 110 cm³/mol. The minimum absolute atomic E-state index is 0. The third-order valence-corrected chi connectivity index (χ3v) is 5.15. The van der Waals surface area contributed by atoms with Crippen LogP contribution in [0, 0.1) is 0 Å². The van der Waals surface area contributed by atoms with Crippen molar-refractivity contribution in [2.45, 2.75) is 6.42 Å². The fraction of sp³-hybridized carbons (Fsp3) is 0.0455. The standard InChI is InChI=1S/C22H16N2O3S.Na/c25-20(26)13-14-6-9-18(10-7-14)23-22-24-21(27)19(28-22)12-15-5-8-16-3-1-2-4-17(16)11-15;/h1-12H,13H2,(H,25,26)(H,23,24,27);/q;+1/p-1. The average molecular weight is 410 g/mol. The van der Waals surface area contributed by atoms with E-state index in [9.17, 15) is 14.7 Å². The van der Waals surface area contributed by atoms with Crippen LogP contribution >= 0.6 is 11.8 Å². The molecule has 3 aromatic carbocycles. The third-order valence-electron chi connectivity index (χ3n) is 4.24. The van der Waals surface area contributed by atoms with Crippen LogP contribution in [0.15, 0.2) is 76.6 Å². The first kappa shape index (κ1) is 21.3. The molecule has 29 heavy (non-hydrogen) atoms. The van der Waals surface area contributed by atoms with Gasteiger partial charge in [-0.15, -0.1) is 0 Å². The summed E-state index contributed by atoms with van der Waals surface area (Å²) < 4.78 is 0. The molecule has 1 amide bonds. The van der Waals surface area contributed by atoms with Crippen molar-refractivity contribution in [2.24, 2.45) is 4.99 Å². The van der Waals surface area contributed by atoms with Crippen molar-refractivity contribution in [2.75, 3.05) is 0 Å². The van der Waals surface area contributed by atoms with E-state index in [2.05, 4.69) is 10.3 Å². The molecule has 0 saturated carbocycles. The minimum Gasteiger partial charge on any atom is -0.550 e. The van der Waals surface area contributed by atoms with E-state index in [1.165, 1.54) is 11.8 Å². The van der Waals surface area contributed by atoms with Crippen LogP contribution in [0.4, 0.5) is 5.69 Å². The maximum Gasteiger partial charge on any atom is 1.00 e. The summed E-state index contributed by atoms with van der Waals surface area (Å²) in [5, 5.41) is 16.1. The Kier molecular flexibility index (Phi) is 6.92. The summed E-state index contributed by atoms with van der Waals surface area (Å²) in [6.07, 6.45) is 1.71. The van der Waals surface area contributed by atoms with E-state index in [4.69, 9.17) is 0 Å². The molecular formula is C22H15N2NaO3S. The molecule has 0 spiro atoms. The van der Waals surface area contributed by atoms with E-state index < -0.39 is 5.97 Å². The smallest absolute Gasteiger partial charge is 0.550 e. The van der Waals surface area contributed by atoms with Crippen molar-refractivity contribution in [1.29, 1.82) is 0 Å². The van der Waals surface area contributed by atoms with E-state index in [0.29, 0.717) is 21.3 Å². The zero-order valence-corrected chi connectivity index (χ0v) is 18.5. The molecule has 0 aromatic heterocycles. The molecule has 4 rings (SSSR count). The first-order valence-electron chi connectivity index (χ1n) is 8.64. The van der Waals surface area contributed by atoms with Gasteiger partial charge in [0.05, 0.1) is 10.6 Å². The van der Waals surface area contributed by atoms with Crippen molar-refractivity contribution in [3.05, 3.63) is 82.8 Å². The molecule has 1 saturated heterocycles. The van der Waals surface area contributed by atoms with Crippen molar-refractivity contribution in [3.63, 3.8) is 0 Å². The van der Waals surface area contributed by atoms with E-state index in [1.807, 2.05) is 48.5 Å². The van der Waals surface area contributed by atoms with Crippen molar-refractivity contribution < 1.29 is 44.3 Å². The molecule has 7 heteroatoms. The first-order valence-corrected chi connectivity index (χ1v) is 9.46. The second-order valence-electron chi connectivity index (χ2n) is 6.30. The molecule has 1 aliphatic heterocycles. The number of hydrogen-bond donors (Lipinski definition) is 1. The number of fused-ring (bicyclic) bond motifs is 1. The van der Waals surface area contributed by atoms with Crippen LogP contribution in [0.3, 0.4) is 0 Å². The molecule has 1 heterocycles. The number of benzene rings is 3. The number of hydrogen-bond acceptors (Lipinski definition) is 5. The molecule has 0 atom stereocenters. The van der Waals surface area contributed by atoms with Crippen LogP contribution in [-0.4, -0.2) is 17.0 Å². The molecule has 5 nitrogen and oxygen atoms in total. The number of carboxylic acids is 1. The third kappa shape index (κ3) is 5.36. The number of carbonyl (C=O) groups is 2. The number of amidine groups is 1. The van der Waals surface area contributed by atoms with Gasteiger partial charge in [-0.05, 0) is 57.9 Å². The molecule has 0 aliphatic carbocycles. The quantitative estimate of drug-likeness (QED) is 0.486. The van der Waals surface area contributed by atoms with Crippen molar-refractivity contribution >= 4 is 51.3 Å². The number of thioether (sulfide) groups is 1. The topological polar surface area (TPSA) is 81.6 Å². The SMILES string of the molecule is O=C([O-])Cc1ccc(N=C2NC(=O)C(=Cc3ccc4ccccc4c3)S2)cc1.[Na+]. The van der Waals surface area contributed by atoms with Crippen LogP contribution in [-0.2, 0) is 16.0 Å². The number of aliphatic imine (C=N–C) groups is 1. The fourth-order valence-corrected chi connectivity index (χ4v) is 3.74. The van der Waals surface area contributed by atoms with Gasteiger partial charge in [-0.25, -0.2) is 4.99 Å². The zero-order chi connectivity index (χ0) is 19.5. The van der Waals surface area contributed by atoms with Crippen LogP contribution < -0.4 is 40.0 Å². The Balaban J connectivity index is 0.00000240. The van der Waals surface area contributed by atoms with Crippen LogP contribution in [0.2, 0.25) is 0 Å². The Labute approximate surface area is 194 Å². The van der Waals surface area contributed by atoms with Crippen LogP contribution in [0.5, 0.6) is 0 Å². The summed E-state index contributed by atoms with van der Waals surface area (Å²) in [4.78, 5) is 27.9. The number of amides is 1. The monoisotopic (exact) mass is 410 g/mol. The summed E-state index contributed by atoms with van der Waals surface area (Å²) in [5.41, 5.74) is 2.23. The fourth-order valence-electron chi connectivity index (χ4n) is 2.90. The summed E-state index contributed by atoms with van der Waals surface area (Å²) >= 11 is 1.28. The number of nitrogens with zero attached hydrogens (tertiary/aromatic N) is 1. The number of aliphatic carboxylic acids is 1. The molecule has 0 bridgehead atoms.